The third-order valence-electron chi connectivity index (χ3n) is 3.92. The molecule has 0 aliphatic rings. The summed E-state index contributed by atoms with van der Waals surface area (Å²) in [5.41, 5.74) is 0.578. The minimum atomic E-state index is -1.02. The molecule has 0 aliphatic carbocycles. The number of fused-ring (bicyclic) bond motifs is 1. The Morgan fingerprint density at radius 3 is 2.52 bits per heavy atom. The molecule has 2 N–H and O–H groups in total. The topological polar surface area (TPSA) is 84.5 Å². The van der Waals surface area contributed by atoms with E-state index in [9.17, 15) is 14.4 Å². The molecule has 0 saturated carbocycles. The Balaban J connectivity index is 1.52. The third-order valence-corrected chi connectivity index (χ3v) is 6.13. The summed E-state index contributed by atoms with van der Waals surface area (Å²) < 4.78 is 6.84. The maximum atomic E-state index is 12.4. The van der Waals surface area contributed by atoms with E-state index in [1.165, 1.54) is 18.3 Å². The van der Waals surface area contributed by atoms with E-state index in [2.05, 4.69) is 26.6 Å². The molecule has 150 valence electrons. The Labute approximate surface area is 184 Å². The number of ether oxygens (including phenoxy) is 1. The van der Waals surface area contributed by atoms with Gasteiger partial charge in [-0.2, -0.15) is 0 Å². The summed E-state index contributed by atoms with van der Waals surface area (Å²) >= 11 is 10.8. The first-order valence-electron chi connectivity index (χ1n) is 8.56. The number of hydrogen-bond donors (Lipinski definition) is 2. The molecule has 6 nitrogen and oxygen atoms in total. The Morgan fingerprint density at radius 1 is 1.14 bits per heavy atom. The van der Waals surface area contributed by atoms with Crippen LogP contribution in [0.2, 0.25) is 5.02 Å². The van der Waals surface area contributed by atoms with E-state index >= 15 is 0 Å². The van der Waals surface area contributed by atoms with Crippen LogP contribution in [-0.4, -0.2) is 30.4 Å². The summed E-state index contributed by atoms with van der Waals surface area (Å²) in [6.45, 7) is 1.08. The Bertz CT molecular complexity index is 1070. The van der Waals surface area contributed by atoms with E-state index < -0.39 is 23.9 Å². The lowest BCUT2D eigenvalue weighted by molar-refractivity contribution is -0.152. The third kappa shape index (κ3) is 5.35. The quantitative estimate of drug-likeness (QED) is 0.489. The number of carbonyl (C=O) groups excluding carboxylic acids is 3. The molecule has 1 unspecified atom stereocenters. The monoisotopic (exact) mass is 494 g/mol. The van der Waals surface area contributed by atoms with Gasteiger partial charge >= 0.3 is 5.97 Å². The fraction of sp³-hybridized carbons (Fsp3) is 0.150. The highest BCUT2D eigenvalue weighted by atomic mass is 79.9. The number of halogens is 2. The second kappa shape index (κ2) is 9.39. The number of amides is 2. The van der Waals surface area contributed by atoms with Gasteiger partial charge in [0.25, 0.3) is 11.8 Å². The number of thiophene rings is 1. The molecule has 3 rings (SSSR count). The predicted molar refractivity (Wildman–Crippen MR) is 117 cm³/mol. The van der Waals surface area contributed by atoms with Crippen LogP contribution in [-0.2, 0) is 14.3 Å². The standard InChI is InChI=1S/C20H16BrClN2O4S/c1-11(19(26)24-13-8-6-12(21)7-9-13)28-16(25)10-23-20(27)18-17(22)14-4-2-3-5-15(14)29-18/h2-9,11H,10H2,1H3,(H,23,27)(H,24,26). The Hall–Kier alpha value is -2.42. The average molecular weight is 496 g/mol. The molecule has 1 aromatic heterocycles. The Kier molecular flexibility index (Phi) is 6.89. The van der Waals surface area contributed by atoms with Gasteiger partial charge in [0.15, 0.2) is 6.10 Å². The van der Waals surface area contributed by atoms with Gasteiger partial charge < -0.3 is 15.4 Å². The van der Waals surface area contributed by atoms with Crippen LogP contribution in [0.25, 0.3) is 10.1 Å². The summed E-state index contributed by atoms with van der Waals surface area (Å²) in [5, 5.41) is 6.25. The van der Waals surface area contributed by atoms with Crippen molar-refractivity contribution in [1.82, 2.24) is 5.32 Å². The van der Waals surface area contributed by atoms with Crippen LogP contribution in [0.4, 0.5) is 5.69 Å². The maximum absolute atomic E-state index is 12.4. The van der Waals surface area contributed by atoms with Crippen molar-refractivity contribution in [3.63, 3.8) is 0 Å². The van der Waals surface area contributed by atoms with E-state index in [1.807, 2.05) is 24.3 Å². The number of carbonyl (C=O) groups is 3. The molecular formula is C20H16BrClN2O4S. The van der Waals surface area contributed by atoms with Gasteiger partial charge in [-0.3, -0.25) is 14.4 Å². The number of nitrogens with one attached hydrogen (secondary N) is 2. The molecule has 0 spiro atoms. The van der Waals surface area contributed by atoms with Crippen molar-refractivity contribution in [1.29, 1.82) is 0 Å². The van der Waals surface area contributed by atoms with Gasteiger partial charge in [-0.25, -0.2) is 0 Å². The fourth-order valence-corrected chi connectivity index (χ4v) is 4.16. The molecule has 0 radical (unpaired) electrons. The number of anilines is 1. The molecule has 9 heteroatoms. The summed E-state index contributed by atoms with van der Waals surface area (Å²) in [4.78, 5) is 36.8. The zero-order valence-electron chi connectivity index (χ0n) is 15.2. The maximum Gasteiger partial charge on any atom is 0.326 e. The van der Waals surface area contributed by atoms with Crippen molar-refractivity contribution in [2.75, 3.05) is 11.9 Å². The second-order valence-corrected chi connectivity index (χ2v) is 8.40. The smallest absolute Gasteiger partial charge is 0.326 e. The van der Waals surface area contributed by atoms with E-state index in [0.717, 1.165) is 14.6 Å². The van der Waals surface area contributed by atoms with Gasteiger partial charge in [0.05, 0.1) is 5.02 Å². The van der Waals surface area contributed by atoms with Crippen molar-refractivity contribution in [2.24, 2.45) is 0 Å². The summed E-state index contributed by atoms with van der Waals surface area (Å²) in [6, 6.07) is 14.4. The van der Waals surface area contributed by atoms with E-state index in [-0.39, 0.29) is 6.54 Å². The van der Waals surface area contributed by atoms with Crippen molar-refractivity contribution >= 4 is 72.4 Å². The predicted octanol–water partition coefficient (Wildman–Crippen LogP) is 4.62. The normalized spacial score (nSPS) is 11.7. The Morgan fingerprint density at radius 2 is 1.83 bits per heavy atom. The summed E-state index contributed by atoms with van der Waals surface area (Å²) in [6.07, 6.45) is -1.02. The fourth-order valence-electron chi connectivity index (χ4n) is 2.46. The molecule has 29 heavy (non-hydrogen) atoms. The molecule has 0 fully saturated rings. The summed E-state index contributed by atoms with van der Waals surface area (Å²) in [7, 11) is 0. The minimum absolute atomic E-state index is 0.321. The van der Waals surface area contributed by atoms with Crippen LogP contribution in [0, 0.1) is 0 Å². The molecule has 2 amide bonds. The zero-order valence-corrected chi connectivity index (χ0v) is 18.4. The van der Waals surface area contributed by atoms with Crippen LogP contribution in [0.3, 0.4) is 0 Å². The van der Waals surface area contributed by atoms with Gasteiger partial charge in [-0.15, -0.1) is 11.3 Å². The molecule has 0 aliphatic heterocycles. The lowest BCUT2D eigenvalue weighted by atomic mass is 10.2. The van der Waals surface area contributed by atoms with Crippen LogP contribution >= 0.6 is 38.9 Å². The molecule has 2 aromatic carbocycles. The van der Waals surface area contributed by atoms with Gasteiger partial charge in [-0.05, 0) is 37.3 Å². The van der Waals surface area contributed by atoms with E-state index in [0.29, 0.717) is 15.6 Å². The van der Waals surface area contributed by atoms with Gasteiger partial charge in [0.1, 0.15) is 11.4 Å². The minimum Gasteiger partial charge on any atom is -0.451 e. The lowest BCUT2D eigenvalue weighted by Gasteiger charge is -2.14. The number of rotatable bonds is 6. The van der Waals surface area contributed by atoms with E-state index in [4.69, 9.17) is 16.3 Å². The number of hydrogen-bond acceptors (Lipinski definition) is 5. The van der Waals surface area contributed by atoms with Gasteiger partial charge in [0, 0.05) is 20.2 Å². The molecule has 1 atom stereocenters. The van der Waals surface area contributed by atoms with Crippen molar-refractivity contribution in [3.8, 4) is 0 Å². The average Bonchev–Trinajstić information content (AvgIpc) is 3.05. The zero-order chi connectivity index (χ0) is 21.0. The highest BCUT2D eigenvalue weighted by Gasteiger charge is 2.20. The second-order valence-electron chi connectivity index (χ2n) is 6.05. The SMILES string of the molecule is CC(OC(=O)CNC(=O)c1sc2ccccc2c1Cl)C(=O)Nc1ccc(Br)cc1. The molecule has 1 heterocycles. The van der Waals surface area contributed by atoms with Crippen molar-refractivity contribution < 1.29 is 19.1 Å². The van der Waals surface area contributed by atoms with Crippen molar-refractivity contribution in [3.05, 3.63) is 62.9 Å². The van der Waals surface area contributed by atoms with Gasteiger partial charge in [0.2, 0.25) is 0 Å². The van der Waals surface area contributed by atoms with Crippen LogP contribution in [0.1, 0.15) is 16.6 Å². The highest BCUT2D eigenvalue weighted by Crippen LogP contribution is 2.34. The van der Waals surface area contributed by atoms with Crippen LogP contribution in [0.5, 0.6) is 0 Å². The largest absolute Gasteiger partial charge is 0.451 e. The first-order valence-corrected chi connectivity index (χ1v) is 10.5. The van der Waals surface area contributed by atoms with Crippen LogP contribution < -0.4 is 10.6 Å². The number of esters is 1. The molecular weight excluding hydrogens is 480 g/mol. The highest BCUT2D eigenvalue weighted by molar-refractivity contribution is 9.10. The molecule has 0 bridgehead atoms. The number of benzene rings is 2. The van der Waals surface area contributed by atoms with E-state index in [1.54, 1.807) is 24.3 Å². The molecule has 0 saturated heterocycles. The van der Waals surface area contributed by atoms with Crippen LogP contribution in [0.15, 0.2) is 53.0 Å². The van der Waals surface area contributed by atoms with Crippen molar-refractivity contribution in [2.45, 2.75) is 13.0 Å². The summed E-state index contributed by atoms with van der Waals surface area (Å²) in [5.74, 6) is -1.67. The first-order chi connectivity index (χ1) is 13.8. The first kappa shape index (κ1) is 21.3. The molecule has 3 aromatic rings. The van der Waals surface area contributed by atoms with Gasteiger partial charge in [-0.1, -0.05) is 45.7 Å². The lowest BCUT2D eigenvalue weighted by Crippen LogP contribution is -2.35.